The first-order valence-electron chi connectivity index (χ1n) is 6.41. The van der Waals surface area contributed by atoms with Gasteiger partial charge < -0.3 is 9.84 Å². The van der Waals surface area contributed by atoms with Gasteiger partial charge in [-0.1, -0.05) is 5.57 Å². The standard InChI is InChI=1S/C13H20O6S/c1-4-19-12(16)13(11(14)15,7-9(2)3)10-5-6-20(17,18)8-10/h10H,2,4-8H2,1,3H3,(H,14,15). The number of aliphatic carboxylic acids is 1. The van der Waals surface area contributed by atoms with Crippen molar-refractivity contribution in [3.63, 3.8) is 0 Å². The van der Waals surface area contributed by atoms with Crippen LogP contribution in [0, 0.1) is 11.3 Å². The number of carboxylic acids is 1. The molecule has 0 amide bonds. The molecule has 1 saturated heterocycles. The molecule has 20 heavy (non-hydrogen) atoms. The molecule has 0 aromatic rings. The van der Waals surface area contributed by atoms with E-state index in [4.69, 9.17) is 4.74 Å². The third-order valence-electron chi connectivity index (χ3n) is 3.53. The molecule has 114 valence electrons. The van der Waals surface area contributed by atoms with Gasteiger partial charge >= 0.3 is 11.9 Å². The van der Waals surface area contributed by atoms with Gasteiger partial charge in [-0.05, 0) is 26.7 Å². The lowest BCUT2D eigenvalue weighted by Gasteiger charge is -2.32. The number of sulfone groups is 1. The molecule has 2 unspecified atom stereocenters. The number of ether oxygens (including phenoxy) is 1. The lowest BCUT2D eigenvalue weighted by Crippen LogP contribution is -2.47. The van der Waals surface area contributed by atoms with E-state index >= 15 is 0 Å². The van der Waals surface area contributed by atoms with E-state index in [1.807, 2.05) is 0 Å². The lowest BCUT2D eigenvalue weighted by atomic mass is 9.71. The molecule has 1 N–H and O–H groups in total. The van der Waals surface area contributed by atoms with E-state index < -0.39 is 33.1 Å². The van der Waals surface area contributed by atoms with Gasteiger partial charge in [0.2, 0.25) is 0 Å². The highest BCUT2D eigenvalue weighted by Crippen LogP contribution is 2.42. The Balaban J connectivity index is 3.26. The zero-order valence-corrected chi connectivity index (χ0v) is 12.5. The quantitative estimate of drug-likeness (QED) is 0.447. The van der Waals surface area contributed by atoms with Crippen LogP contribution < -0.4 is 0 Å². The number of hydrogen-bond acceptors (Lipinski definition) is 5. The van der Waals surface area contributed by atoms with Crippen molar-refractivity contribution in [3.8, 4) is 0 Å². The van der Waals surface area contributed by atoms with Gasteiger partial charge in [-0.15, -0.1) is 6.58 Å². The molecule has 0 bridgehead atoms. The summed E-state index contributed by atoms with van der Waals surface area (Å²) in [6, 6.07) is 0. The summed E-state index contributed by atoms with van der Waals surface area (Å²) >= 11 is 0. The predicted octanol–water partition coefficient (Wildman–Crippen LogP) is 1.02. The minimum Gasteiger partial charge on any atom is -0.480 e. The van der Waals surface area contributed by atoms with E-state index in [2.05, 4.69) is 6.58 Å². The molecule has 1 heterocycles. The van der Waals surface area contributed by atoms with Gasteiger partial charge in [-0.25, -0.2) is 8.42 Å². The lowest BCUT2D eigenvalue weighted by molar-refractivity contribution is -0.172. The Morgan fingerprint density at radius 2 is 2.05 bits per heavy atom. The summed E-state index contributed by atoms with van der Waals surface area (Å²) in [6.07, 6.45) is 0.0437. The maximum Gasteiger partial charge on any atom is 0.324 e. The second-order valence-electron chi connectivity index (χ2n) is 5.23. The first-order chi connectivity index (χ1) is 9.15. The van der Waals surface area contributed by atoms with Crippen LogP contribution in [0.1, 0.15) is 26.7 Å². The summed E-state index contributed by atoms with van der Waals surface area (Å²) in [5.74, 6) is -3.40. The first-order valence-corrected chi connectivity index (χ1v) is 8.23. The van der Waals surface area contributed by atoms with E-state index in [1.165, 1.54) is 0 Å². The number of esters is 1. The molecule has 2 atom stereocenters. The third kappa shape index (κ3) is 3.20. The fourth-order valence-corrected chi connectivity index (χ4v) is 4.51. The van der Waals surface area contributed by atoms with Crippen LogP contribution in [0.4, 0.5) is 0 Å². The van der Waals surface area contributed by atoms with Gasteiger partial charge in [0.25, 0.3) is 0 Å². The Bertz CT molecular complexity index is 521. The Hall–Kier alpha value is -1.37. The number of allylic oxidation sites excluding steroid dienone is 1. The van der Waals surface area contributed by atoms with Crippen molar-refractivity contribution in [1.29, 1.82) is 0 Å². The molecule has 1 rings (SSSR count). The highest BCUT2D eigenvalue weighted by atomic mass is 32.2. The Morgan fingerprint density at radius 1 is 1.45 bits per heavy atom. The summed E-state index contributed by atoms with van der Waals surface area (Å²) in [5.41, 5.74) is -1.35. The maximum atomic E-state index is 12.2. The number of carbonyl (C=O) groups excluding carboxylic acids is 1. The second-order valence-corrected chi connectivity index (χ2v) is 7.46. The molecule has 0 radical (unpaired) electrons. The van der Waals surface area contributed by atoms with E-state index in [1.54, 1.807) is 13.8 Å². The third-order valence-corrected chi connectivity index (χ3v) is 5.30. The van der Waals surface area contributed by atoms with E-state index in [-0.39, 0.29) is 31.0 Å². The van der Waals surface area contributed by atoms with Crippen molar-refractivity contribution in [2.45, 2.75) is 26.7 Å². The number of hydrogen-bond donors (Lipinski definition) is 1. The Morgan fingerprint density at radius 3 is 2.40 bits per heavy atom. The highest BCUT2D eigenvalue weighted by molar-refractivity contribution is 7.91. The topological polar surface area (TPSA) is 97.7 Å². The van der Waals surface area contributed by atoms with Crippen LogP contribution in [0.5, 0.6) is 0 Å². The molecule has 0 aromatic carbocycles. The number of carbonyl (C=O) groups is 2. The minimum absolute atomic E-state index is 0.0452. The van der Waals surface area contributed by atoms with Crippen molar-refractivity contribution in [2.75, 3.05) is 18.1 Å². The van der Waals surface area contributed by atoms with E-state index in [0.717, 1.165) is 0 Å². The summed E-state index contributed by atoms with van der Waals surface area (Å²) < 4.78 is 28.1. The van der Waals surface area contributed by atoms with Gasteiger partial charge in [-0.2, -0.15) is 0 Å². The largest absolute Gasteiger partial charge is 0.480 e. The molecule has 0 spiro atoms. The van der Waals surface area contributed by atoms with Crippen LogP contribution in [0.15, 0.2) is 12.2 Å². The zero-order valence-electron chi connectivity index (χ0n) is 11.7. The molecule has 1 aliphatic heterocycles. The predicted molar refractivity (Wildman–Crippen MR) is 72.9 cm³/mol. The monoisotopic (exact) mass is 304 g/mol. The van der Waals surface area contributed by atoms with Crippen molar-refractivity contribution in [1.82, 2.24) is 0 Å². The van der Waals surface area contributed by atoms with Gasteiger partial charge in [0.05, 0.1) is 18.1 Å². The average molecular weight is 304 g/mol. The average Bonchev–Trinajstić information content (AvgIpc) is 2.66. The summed E-state index contributed by atoms with van der Waals surface area (Å²) in [5, 5.41) is 9.56. The maximum absolute atomic E-state index is 12.2. The van der Waals surface area contributed by atoms with Gasteiger partial charge in [0.15, 0.2) is 15.3 Å². The molecule has 0 aromatic heterocycles. The van der Waals surface area contributed by atoms with Crippen molar-refractivity contribution < 1.29 is 27.9 Å². The van der Waals surface area contributed by atoms with E-state index in [9.17, 15) is 23.1 Å². The van der Waals surface area contributed by atoms with Gasteiger partial charge in [-0.3, -0.25) is 9.59 Å². The van der Waals surface area contributed by atoms with Crippen LogP contribution >= 0.6 is 0 Å². The summed E-state index contributed by atoms with van der Waals surface area (Å²) in [4.78, 5) is 23.9. The van der Waals surface area contributed by atoms with Crippen LogP contribution in [0.25, 0.3) is 0 Å². The SMILES string of the molecule is C=C(C)CC(C(=O)O)(C(=O)OCC)C1CCS(=O)(=O)C1. The van der Waals surface area contributed by atoms with Crippen LogP contribution in [0.3, 0.4) is 0 Å². The van der Waals surface area contributed by atoms with Crippen LogP contribution in [-0.2, 0) is 24.2 Å². The molecule has 1 fully saturated rings. The van der Waals surface area contributed by atoms with Gasteiger partial charge in [0, 0.05) is 5.92 Å². The zero-order chi connectivity index (χ0) is 15.6. The van der Waals surface area contributed by atoms with Gasteiger partial charge in [0.1, 0.15) is 0 Å². The smallest absolute Gasteiger partial charge is 0.324 e. The first kappa shape index (κ1) is 16.7. The molecule has 1 aliphatic rings. The molecule has 0 aliphatic carbocycles. The van der Waals surface area contributed by atoms with Crippen molar-refractivity contribution >= 4 is 21.8 Å². The van der Waals surface area contributed by atoms with Crippen LogP contribution in [0.2, 0.25) is 0 Å². The highest BCUT2D eigenvalue weighted by Gasteiger charge is 2.56. The summed E-state index contributed by atoms with van der Waals surface area (Å²) in [7, 11) is -3.30. The molecule has 7 heteroatoms. The fourth-order valence-electron chi connectivity index (χ4n) is 2.64. The number of rotatable bonds is 6. The molecule has 6 nitrogen and oxygen atoms in total. The number of carboxylic acid groups (broad SMARTS) is 1. The molecular weight excluding hydrogens is 284 g/mol. The fraction of sp³-hybridized carbons (Fsp3) is 0.692. The normalized spacial score (nSPS) is 23.8. The minimum atomic E-state index is -3.30. The Kier molecular flexibility index (Phi) is 4.96. The van der Waals surface area contributed by atoms with Crippen molar-refractivity contribution in [3.05, 3.63) is 12.2 Å². The second kappa shape index (κ2) is 5.95. The van der Waals surface area contributed by atoms with Crippen LogP contribution in [-0.4, -0.2) is 43.6 Å². The van der Waals surface area contributed by atoms with E-state index in [0.29, 0.717) is 5.57 Å². The summed E-state index contributed by atoms with van der Waals surface area (Å²) in [6.45, 7) is 6.89. The molecular formula is C13H20O6S. The Labute approximate surface area is 118 Å². The molecule has 0 saturated carbocycles. The van der Waals surface area contributed by atoms with Crippen molar-refractivity contribution in [2.24, 2.45) is 11.3 Å².